The minimum Gasteiger partial charge on any atom is -0.320 e. The molecule has 0 atom stereocenters. The SMILES string of the molecule is O=P(O)(O)c1ccc(F)s1. The van der Waals surface area contributed by atoms with Crippen molar-refractivity contribution in [2.45, 2.75) is 0 Å². The van der Waals surface area contributed by atoms with Gasteiger partial charge in [-0.05, 0) is 12.1 Å². The van der Waals surface area contributed by atoms with E-state index >= 15 is 0 Å². The second-order valence-electron chi connectivity index (χ2n) is 1.62. The van der Waals surface area contributed by atoms with Crippen LogP contribution >= 0.6 is 18.9 Å². The summed E-state index contributed by atoms with van der Waals surface area (Å²) in [5, 5.41) is -0.585. The minimum atomic E-state index is -4.22. The average molecular weight is 182 g/mol. The monoisotopic (exact) mass is 182 g/mol. The Balaban J connectivity index is 3.08. The van der Waals surface area contributed by atoms with Crippen LogP contribution in [0, 0.1) is 5.13 Å². The van der Waals surface area contributed by atoms with Gasteiger partial charge in [0.15, 0.2) is 5.13 Å². The summed E-state index contributed by atoms with van der Waals surface area (Å²) < 4.78 is 22.3. The van der Waals surface area contributed by atoms with Crippen LogP contribution in [0.3, 0.4) is 0 Å². The first-order chi connectivity index (χ1) is 4.50. The van der Waals surface area contributed by atoms with Gasteiger partial charge in [0.25, 0.3) is 0 Å². The molecule has 0 spiro atoms. The molecule has 0 aromatic carbocycles. The first-order valence-electron chi connectivity index (χ1n) is 2.31. The van der Waals surface area contributed by atoms with Crippen LogP contribution in [-0.2, 0) is 4.57 Å². The molecule has 10 heavy (non-hydrogen) atoms. The van der Waals surface area contributed by atoms with E-state index in [9.17, 15) is 8.96 Å². The summed E-state index contributed by atoms with van der Waals surface area (Å²) in [5.41, 5.74) is 0. The summed E-state index contributed by atoms with van der Waals surface area (Å²) in [7, 11) is -4.22. The molecular weight excluding hydrogens is 178 g/mol. The Labute approximate surface area is 60.3 Å². The molecule has 1 heterocycles. The second kappa shape index (κ2) is 2.43. The van der Waals surface area contributed by atoms with Crippen molar-refractivity contribution in [2.24, 2.45) is 0 Å². The molecule has 0 aliphatic heterocycles. The van der Waals surface area contributed by atoms with Crippen molar-refractivity contribution < 1.29 is 18.7 Å². The first-order valence-corrected chi connectivity index (χ1v) is 4.74. The fraction of sp³-hybridized carbons (Fsp3) is 0. The molecule has 2 N–H and O–H groups in total. The van der Waals surface area contributed by atoms with E-state index in [1.807, 2.05) is 0 Å². The van der Waals surface area contributed by atoms with Gasteiger partial charge in [0.1, 0.15) is 4.62 Å². The van der Waals surface area contributed by atoms with Gasteiger partial charge in [-0.15, -0.1) is 0 Å². The van der Waals surface area contributed by atoms with E-state index in [2.05, 4.69) is 0 Å². The lowest BCUT2D eigenvalue weighted by Gasteiger charge is -1.95. The van der Waals surface area contributed by atoms with Crippen LogP contribution < -0.4 is 4.62 Å². The Bertz CT molecular complexity index is 278. The molecule has 0 aliphatic rings. The largest absolute Gasteiger partial charge is 0.366 e. The molecule has 1 aromatic heterocycles. The zero-order valence-electron chi connectivity index (χ0n) is 4.69. The molecule has 6 heteroatoms. The van der Waals surface area contributed by atoms with Gasteiger partial charge in [-0.2, -0.15) is 4.39 Å². The van der Waals surface area contributed by atoms with E-state index < -0.39 is 12.7 Å². The Morgan fingerprint density at radius 3 is 2.30 bits per heavy atom. The molecular formula is C4H4FO3PS. The van der Waals surface area contributed by atoms with Crippen LogP contribution in [0.4, 0.5) is 4.39 Å². The van der Waals surface area contributed by atoms with Crippen molar-refractivity contribution in [1.29, 1.82) is 0 Å². The first kappa shape index (κ1) is 7.88. The third-order valence-electron chi connectivity index (χ3n) is 0.846. The van der Waals surface area contributed by atoms with Gasteiger partial charge < -0.3 is 9.79 Å². The van der Waals surface area contributed by atoms with E-state index in [0.717, 1.165) is 12.1 Å². The third-order valence-corrected chi connectivity index (χ3v) is 3.23. The summed E-state index contributed by atoms with van der Waals surface area (Å²) in [4.78, 5) is 16.9. The molecule has 0 aliphatic carbocycles. The summed E-state index contributed by atoms with van der Waals surface area (Å²) >= 11 is 0.465. The number of thiophene rings is 1. The molecule has 1 aromatic rings. The number of hydrogen-bond acceptors (Lipinski definition) is 2. The third kappa shape index (κ3) is 1.64. The Kier molecular flexibility index (Phi) is 1.92. The zero-order chi connectivity index (χ0) is 7.78. The van der Waals surface area contributed by atoms with Gasteiger partial charge >= 0.3 is 7.60 Å². The van der Waals surface area contributed by atoms with Gasteiger partial charge in [-0.3, -0.25) is 4.57 Å². The zero-order valence-corrected chi connectivity index (χ0v) is 6.40. The van der Waals surface area contributed by atoms with E-state index in [0.29, 0.717) is 11.3 Å². The van der Waals surface area contributed by atoms with E-state index in [4.69, 9.17) is 9.79 Å². The Hall–Kier alpha value is -0.220. The van der Waals surface area contributed by atoms with E-state index in [1.165, 1.54) is 0 Å². The standard InChI is InChI=1S/C4H4FO3PS/c5-3-1-2-4(10-3)9(6,7)8/h1-2H,(H2,6,7,8). The summed E-state index contributed by atoms with van der Waals surface area (Å²) in [6.07, 6.45) is 0. The molecule has 1 rings (SSSR count). The van der Waals surface area contributed by atoms with Crippen LogP contribution in [-0.4, -0.2) is 9.79 Å². The molecule has 3 nitrogen and oxygen atoms in total. The van der Waals surface area contributed by atoms with Gasteiger partial charge in [-0.25, -0.2) is 0 Å². The van der Waals surface area contributed by atoms with Gasteiger partial charge in [-0.1, -0.05) is 11.3 Å². The number of halogens is 1. The fourth-order valence-electron chi connectivity index (χ4n) is 0.461. The summed E-state index contributed by atoms with van der Waals surface area (Å²) in [6, 6.07) is 2.11. The lowest BCUT2D eigenvalue weighted by Crippen LogP contribution is -1.94. The van der Waals surface area contributed by atoms with Gasteiger partial charge in [0.2, 0.25) is 0 Å². The molecule has 0 saturated heterocycles. The van der Waals surface area contributed by atoms with Crippen molar-refractivity contribution in [3.05, 3.63) is 17.3 Å². The summed E-state index contributed by atoms with van der Waals surface area (Å²) in [6.45, 7) is 0. The fourth-order valence-corrected chi connectivity index (χ4v) is 1.94. The number of hydrogen-bond donors (Lipinski definition) is 2. The molecule has 0 amide bonds. The van der Waals surface area contributed by atoms with Crippen molar-refractivity contribution in [3.8, 4) is 0 Å². The van der Waals surface area contributed by atoms with Gasteiger partial charge in [0.05, 0.1) is 0 Å². The maximum absolute atomic E-state index is 12.1. The highest BCUT2D eigenvalue weighted by Crippen LogP contribution is 2.35. The smallest absolute Gasteiger partial charge is 0.320 e. The highest BCUT2D eigenvalue weighted by Gasteiger charge is 2.19. The van der Waals surface area contributed by atoms with Crippen LogP contribution in [0.5, 0.6) is 0 Å². The van der Waals surface area contributed by atoms with E-state index in [-0.39, 0.29) is 4.62 Å². The van der Waals surface area contributed by atoms with Crippen LogP contribution in [0.25, 0.3) is 0 Å². The highest BCUT2D eigenvalue weighted by atomic mass is 32.1. The number of rotatable bonds is 1. The molecule has 0 unspecified atom stereocenters. The lowest BCUT2D eigenvalue weighted by atomic mass is 10.7. The maximum Gasteiger partial charge on any atom is 0.366 e. The van der Waals surface area contributed by atoms with Crippen LogP contribution in [0.2, 0.25) is 0 Å². The summed E-state index contributed by atoms with van der Waals surface area (Å²) in [5.74, 6) is 0. The average Bonchev–Trinajstić information content (AvgIpc) is 2.11. The van der Waals surface area contributed by atoms with Crippen molar-refractivity contribution in [1.82, 2.24) is 0 Å². The van der Waals surface area contributed by atoms with Crippen molar-refractivity contribution >= 4 is 23.6 Å². The van der Waals surface area contributed by atoms with Crippen molar-refractivity contribution in [3.63, 3.8) is 0 Å². The minimum absolute atomic E-state index is 0.231. The molecule has 56 valence electrons. The Morgan fingerprint density at radius 1 is 1.50 bits per heavy atom. The molecule has 0 bridgehead atoms. The predicted octanol–water partition coefficient (Wildman–Crippen LogP) is 0.690. The van der Waals surface area contributed by atoms with E-state index in [1.54, 1.807) is 0 Å². The maximum atomic E-state index is 12.1. The van der Waals surface area contributed by atoms with Crippen LogP contribution in [0.15, 0.2) is 12.1 Å². The highest BCUT2D eigenvalue weighted by molar-refractivity contribution is 7.67. The Morgan fingerprint density at radius 2 is 2.10 bits per heavy atom. The molecule has 0 saturated carbocycles. The van der Waals surface area contributed by atoms with Crippen molar-refractivity contribution in [2.75, 3.05) is 0 Å². The normalized spacial score (nSPS) is 11.9. The lowest BCUT2D eigenvalue weighted by molar-refractivity contribution is 0.388. The topological polar surface area (TPSA) is 57.5 Å². The van der Waals surface area contributed by atoms with Crippen LogP contribution in [0.1, 0.15) is 0 Å². The molecule has 0 fully saturated rings. The molecule has 0 radical (unpaired) electrons. The predicted molar refractivity (Wildman–Crippen MR) is 36.0 cm³/mol. The quantitative estimate of drug-likeness (QED) is 0.628. The second-order valence-corrected chi connectivity index (χ2v) is 4.53. The van der Waals surface area contributed by atoms with Gasteiger partial charge in [0, 0.05) is 0 Å².